The maximum atomic E-state index is 15.9. The molecular formula is C41H75F9. The summed E-state index contributed by atoms with van der Waals surface area (Å²) in [6, 6.07) is 0. The van der Waals surface area contributed by atoms with Crippen molar-refractivity contribution in [2.45, 2.75) is 199 Å². The molecule has 4 unspecified atom stereocenters. The Balaban J connectivity index is 7.39. The highest BCUT2D eigenvalue weighted by molar-refractivity contribution is 5.08. The summed E-state index contributed by atoms with van der Waals surface area (Å²) >= 11 is 0. The van der Waals surface area contributed by atoms with E-state index in [1.165, 1.54) is 13.8 Å². The van der Waals surface area contributed by atoms with E-state index in [-0.39, 0.29) is 82.5 Å². The van der Waals surface area contributed by atoms with Gasteiger partial charge in [-0.2, -0.15) is 39.5 Å². The molecule has 0 nitrogen and oxygen atoms in total. The predicted molar refractivity (Wildman–Crippen MR) is 192 cm³/mol. The zero-order valence-electron chi connectivity index (χ0n) is 34.4. The van der Waals surface area contributed by atoms with Gasteiger partial charge in [-0.3, -0.25) is 0 Å². The first kappa shape index (κ1) is 49.4. The quantitative estimate of drug-likeness (QED) is 0.0971. The third-order valence-electron chi connectivity index (χ3n) is 15.0. The molecule has 0 saturated heterocycles. The van der Waals surface area contributed by atoms with Crippen LogP contribution in [0.3, 0.4) is 0 Å². The number of hydrogen-bond donors (Lipinski definition) is 0. The Labute approximate surface area is 301 Å². The lowest BCUT2D eigenvalue weighted by atomic mass is 9.46. The van der Waals surface area contributed by atoms with E-state index in [0.717, 1.165) is 0 Å². The average Bonchev–Trinajstić information content (AvgIpc) is 3.00. The van der Waals surface area contributed by atoms with Gasteiger partial charge in [0.05, 0.1) is 16.2 Å². The largest absolute Gasteiger partial charge is 0.395 e. The first-order valence-corrected chi connectivity index (χ1v) is 19.8. The fourth-order valence-corrected chi connectivity index (χ4v) is 11.4. The lowest BCUT2D eigenvalue weighted by Crippen LogP contribution is -2.59. The fraction of sp³-hybridized carbons (Fsp3) is 1.00. The lowest BCUT2D eigenvalue weighted by Gasteiger charge is -2.59. The molecule has 0 aromatic rings. The Morgan fingerprint density at radius 2 is 0.840 bits per heavy atom. The minimum Gasteiger partial charge on any atom is -0.170 e. The highest BCUT2D eigenvalue weighted by Crippen LogP contribution is 2.68. The normalized spacial score (nSPS) is 18.2. The Kier molecular flexibility index (Phi) is 17.9. The zero-order valence-corrected chi connectivity index (χ0v) is 34.4. The SMILES string of the molecule is CCC(CC)C(CCC(C)C(C)(C(C(C)C)C(C)C)C(F)(F)F)(C(CC)CCCC(C(F)(F)F)(C(C)(CC)CC)C(C)(CC)CC)C(F)(F)F. The van der Waals surface area contributed by atoms with Crippen LogP contribution < -0.4 is 0 Å². The van der Waals surface area contributed by atoms with Crippen LogP contribution in [0, 0.1) is 62.6 Å². The first-order valence-electron chi connectivity index (χ1n) is 19.8. The van der Waals surface area contributed by atoms with Crippen molar-refractivity contribution in [3.63, 3.8) is 0 Å². The maximum absolute atomic E-state index is 15.9. The van der Waals surface area contributed by atoms with Crippen molar-refractivity contribution in [2.24, 2.45) is 62.6 Å². The molecule has 0 amide bonds. The minimum atomic E-state index is -4.75. The van der Waals surface area contributed by atoms with Crippen LogP contribution in [0.15, 0.2) is 0 Å². The molecule has 0 aromatic heterocycles. The molecule has 0 aliphatic heterocycles. The van der Waals surface area contributed by atoms with Gasteiger partial charge in [0.1, 0.15) is 0 Å². The molecule has 0 fully saturated rings. The smallest absolute Gasteiger partial charge is 0.170 e. The molecule has 0 rings (SSSR count). The predicted octanol–water partition coefficient (Wildman–Crippen LogP) is 16.3. The Hall–Kier alpha value is -0.630. The van der Waals surface area contributed by atoms with Crippen LogP contribution in [0.5, 0.6) is 0 Å². The maximum Gasteiger partial charge on any atom is 0.395 e. The zero-order chi connectivity index (χ0) is 39.9. The molecular weight excluding hydrogens is 663 g/mol. The number of halogens is 9. The molecule has 0 aromatic carbocycles. The van der Waals surface area contributed by atoms with E-state index < -0.39 is 75.7 Å². The highest BCUT2D eigenvalue weighted by atomic mass is 19.4. The molecule has 0 aliphatic carbocycles. The molecule has 0 heterocycles. The molecule has 50 heavy (non-hydrogen) atoms. The third-order valence-corrected chi connectivity index (χ3v) is 15.0. The summed E-state index contributed by atoms with van der Waals surface area (Å²) in [5.41, 5.74) is -8.93. The molecule has 0 bridgehead atoms. The van der Waals surface area contributed by atoms with Gasteiger partial charge in [0.2, 0.25) is 0 Å². The van der Waals surface area contributed by atoms with E-state index in [9.17, 15) is 0 Å². The Morgan fingerprint density at radius 1 is 0.460 bits per heavy atom. The molecule has 0 N–H and O–H groups in total. The van der Waals surface area contributed by atoms with Crippen LogP contribution in [0.25, 0.3) is 0 Å². The standard InChI is InChI=1S/C41H75F9/c1-16-31(17-2)37(40(45,46)47,27-25-30(12)36(15,39(42,43)44)33(28(8)9)29(10)11)32(18-3)24-23-26-38(41(48,49)50,34(13,19-4)20-5)35(14,21-6)22-7/h28-33H,16-27H2,1-15H3. The monoisotopic (exact) mass is 739 g/mol. The van der Waals surface area contributed by atoms with Gasteiger partial charge in [-0.25, -0.2) is 0 Å². The molecule has 0 spiro atoms. The van der Waals surface area contributed by atoms with Crippen molar-refractivity contribution in [1.29, 1.82) is 0 Å². The summed E-state index contributed by atoms with van der Waals surface area (Å²) in [7, 11) is 0. The van der Waals surface area contributed by atoms with Gasteiger partial charge in [-0.05, 0) is 97.7 Å². The second-order valence-corrected chi connectivity index (χ2v) is 17.2. The van der Waals surface area contributed by atoms with E-state index in [1.807, 2.05) is 0 Å². The van der Waals surface area contributed by atoms with Gasteiger partial charge in [0.25, 0.3) is 0 Å². The van der Waals surface area contributed by atoms with Crippen molar-refractivity contribution in [3.05, 3.63) is 0 Å². The van der Waals surface area contributed by atoms with Crippen LogP contribution in [0.4, 0.5) is 39.5 Å². The Morgan fingerprint density at radius 3 is 1.10 bits per heavy atom. The highest BCUT2D eigenvalue weighted by Gasteiger charge is 2.70. The van der Waals surface area contributed by atoms with Crippen molar-refractivity contribution < 1.29 is 39.5 Å². The van der Waals surface area contributed by atoms with Crippen LogP contribution >= 0.6 is 0 Å². The van der Waals surface area contributed by atoms with E-state index >= 15 is 39.5 Å². The van der Waals surface area contributed by atoms with Crippen LogP contribution in [-0.2, 0) is 0 Å². The molecule has 0 saturated carbocycles. The number of rotatable bonds is 22. The van der Waals surface area contributed by atoms with Crippen LogP contribution in [-0.4, -0.2) is 18.5 Å². The summed E-state index contributed by atoms with van der Waals surface area (Å²) < 4.78 is 140. The van der Waals surface area contributed by atoms with Crippen molar-refractivity contribution >= 4 is 0 Å². The second-order valence-electron chi connectivity index (χ2n) is 17.2. The summed E-state index contributed by atoms with van der Waals surface area (Å²) in [4.78, 5) is 0. The van der Waals surface area contributed by atoms with Gasteiger partial charge in [-0.15, -0.1) is 0 Å². The van der Waals surface area contributed by atoms with E-state index in [4.69, 9.17) is 0 Å². The minimum absolute atomic E-state index is 0.0419. The van der Waals surface area contributed by atoms with Gasteiger partial charge in [0.15, 0.2) is 0 Å². The van der Waals surface area contributed by atoms with Crippen molar-refractivity contribution in [1.82, 2.24) is 0 Å². The van der Waals surface area contributed by atoms with Crippen LogP contribution in [0.2, 0.25) is 0 Å². The average molecular weight is 739 g/mol. The van der Waals surface area contributed by atoms with E-state index in [0.29, 0.717) is 0 Å². The van der Waals surface area contributed by atoms with Gasteiger partial charge in [-0.1, -0.05) is 130 Å². The summed E-state index contributed by atoms with van der Waals surface area (Å²) in [5, 5.41) is 0. The third kappa shape index (κ3) is 8.84. The summed E-state index contributed by atoms with van der Waals surface area (Å²) in [6.07, 6.45) is -13.6. The second kappa shape index (κ2) is 18.1. The summed E-state index contributed by atoms with van der Waals surface area (Å²) in [5.74, 6) is -4.50. The molecule has 4 atom stereocenters. The Bertz CT molecular complexity index is 938. The first-order chi connectivity index (χ1) is 22.6. The molecule has 302 valence electrons. The fourth-order valence-electron chi connectivity index (χ4n) is 11.4. The van der Waals surface area contributed by atoms with Gasteiger partial charge < -0.3 is 0 Å². The summed E-state index contributed by atoms with van der Waals surface area (Å²) in [6.45, 7) is 25.1. The van der Waals surface area contributed by atoms with Gasteiger partial charge in [0, 0.05) is 0 Å². The van der Waals surface area contributed by atoms with Crippen molar-refractivity contribution in [3.8, 4) is 0 Å². The lowest BCUT2D eigenvalue weighted by molar-refractivity contribution is -0.314. The number of alkyl halides is 9. The topological polar surface area (TPSA) is 0 Å². The molecule has 0 aliphatic rings. The van der Waals surface area contributed by atoms with Crippen molar-refractivity contribution in [2.75, 3.05) is 0 Å². The van der Waals surface area contributed by atoms with E-state index in [1.54, 1.807) is 90.0 Å². The molecule has 0 radical (unpaired) electrons. The van der Waals surface area contributed by atoms with E-state index in [2.05, 4.69) is 0 Å². The molecule has 9 heteroatoms. The van der Waals surface area contributed by atoms with Crippen LogP contribution in [0.1, 0.15) is 181 Å². The van der Waals surface area contributed by atoms with Gasteiger partial charge >= 0.3 is 18.5 Å². The number of hydrogen-bond acceptors (Lipinski definition) is 0.